The summed E-state index contributed by atoms with van der Waals surface area (Å²) in [6.45, 7) is 0. The van der Waals surface area contributed by atoms with Crippen molar-refractivity contribution in [1.82, 2.24) is 10.4 Å². The van der Waals surface area contributed by atoms with Crippen LogP contribution >= 0.6 is 0 Å². The molecule has 0 aromatic heterocycles. The van der Waals surface area contributed by atoms with Crippen LogP contribution in [-0.4, -0.2) is 16.8 Å². The van der Waals surface area contributed by atoms with Gasteiger partial charge in [-0.3, -0.25) is 5.84 Å². The fourth-order valence-electron chi connectivity index (χ4n) is 0.173. The normalized spacial score (nSPS) is 10.9. The molecule has 0 rings (SSSR count). The van der Waals surface area contributed by atoms with Crippen LogP contribution in [0, 0.1) is 0 Å². The van der Waals surface area contributed by atoms with Gasteiger partial charge in [0.1, 0.15) is 0 Å². The summed E-state index contributed by atoms with van der Waals surface area (Å²) in [6.07, 6.45) is 0. The Morgan fingerprint density at radius 3 is 2.20 bits per heavy atom. The molecule has 0 saturated heterocycles. The minimum absolute atomic E-state index is 1.39. The zero-order chi connectivity index (χ0) is 8.20. The van der Waals surface area contributed by atoms with Gasteiger partial charge in [0.05, 0.1) is 0 Å². The average Bonchev–Trinajstić information content (AvgIpc) is 1.59. The number of hydrogen-bond donors (Lipinski definition) is 3. The molecule has 0 fully saturated rings. The molecule has 0 aliphatic heterocycles. The van der Waals surface area contributed by atoms with E-state index in [4.69, 9.17) is 0 Å². The fraction of sp³-hybridized carbons (Fsp3) is 0. The average molecular weight is 188 g/mol. The first-order chi connectivity index (χ1) is 4.48. The summed E-state index contributed by atoms with van der Waals surface area (Å²) in [4.78, 5) is 1.39. The molecule has 0 spiro atoms. The van der Waals surface area contributed by atoms with Crippen LogP contribution in [0.1, 0.15) is 0 Å². The lowest BCUT2D eigenvalue weighted by molar-refractivity contribution is 0.563. The summed E-state index contributed by atoms with van der Waals surface area (Å²) < 4.78 is 42.0. The Hall–Kier alpha value is -0.550. The van der Waals surface area contributed by atoms with Gasteiger partial charge in [-0.1, -0.05) is 0 Å². The van der Waals surface area contributed by atoms with Gasteiger partial charge in [-0.2, -0.15) is 22.4 Å². The van der Waals surface area contributed by atoms with E-state index in [1.807, 2.05) is 0 Å². The van der Waals surface area contributed by atoms with Gasteiger partial charge in [-0.05, 0) is 3.77 Å². The third-order valence-electron chi connectivity index (χ3n) is 0.347. The molecule has 0 radical (unpaired) electrons. The van der Waals surface area contributed by atoms with Gasteiger partial charge in [0, 0.05) is 0 Å². The smallest absolute Gasteiger partial charge is 0.257 e. The molecular formula is H4N4O4S2. The maximum Gasteiger partial charge on any atom is 0.348 e. The highest BCUT2D eigenvalue weighted by Gasteiger charge is 2.04. The van der Waals surface area contributed by atoms with Crippen LogP contribution in [0.3, 0.4) is 0 Å². The SMILES string of the molecule is NNNS(=O)(=O)N=S(=O)=O. The highest BCUT2D eigenvalue weighted by atomic mass is 32.3. The number of nitrogens with two attached hydrogens (primary N) is 1. The maximum atomic E-state index is 10.2. The summed E-state index contributed by atoms with van der Waals surface area (Å²) in [5.41, 5.74) is 1.51. The first-order valence-electron chi connectivity index (χ1n) is 1.77. The number of hydrazine groups is 2. The van der Waals surface area contributed by atoms with Crippen molar-refractivity contribution >= 4 is 20.7 Å². The van der Waals surface area contributed by atoms with Crippen molar-refractivity contribution in [1.29, 1.82) is 0 Å². The minimum atomic E-state index is -4.20. The van der Waals surface area contributed by atoms with E-state index in [9.17, 15) is 16.8 Å². The first-order valence-corrected chi connectivity index (χ1v) is 4.25. The Kier molecular flexibility index (Phi) is 3.38. The van der Waals surface area contributed by atoms with Crippen LogP contribution in [0.4, 0.5) is 0 Å². The Morgan fingerprint density at radius 2 is 1.90 bits per heavy atom. The molecule has 4 N–H and O–H groups in total. The first kappa shape index (κ1) is 9.45. The summed E-state index contributed by atoms with van der Waals surface area (Å²) >= 11 is 0. The van der Waals surface area contributed by atoms with Crippen molar-refractivity contribution < 1.29 is 16.8 Å². The second-order valence-corrected chi connectivity index (χ2v) is 3.20. The van der Waals surface area contributed by atoms with Crippen molar-refractivity contribution in [2.75, 3.05) is 0 Å². The molecule has 0 aliphatic rings. The lowest BCUT2D eigenvalue weighted by Gasteiger charge is -1.92. The monoisotopic (exact) mass is 188 g/mol. The molecule has 0 aliphatic carbocycles. The highest BCUT2D eigenvalue weighted by molar-refractivity contribution is 7.92. The fourth-order valence-corrected chi connectivity index (χ4v) is 1.11. The minimum Gasteiger partial charge on any atom is -0.257 e. The standard InChI is InChI=1S/H4N4O4S2/c1-2-3-10(7,8)4-9(5)6/h2-3H,1H2. The largest absolute Gasteiger partial charge is 0.348 e. The molecule has 60 valence electrons. The molecule has 0 aromatic carbocycles. The van der Waals surface area contributed by atoms with Gasteiger partial charge in [0.2, 0.25) is 0 Å². The van der Waals surface area contributed by atoms with Crippen LogP contribution in [0.5, 0.6) is 0 Å². The van der Waals surface area contributed by atoms with Crippen LogP contribution in [0.2, 0.25) is 0 Å². The Bertz CT molecular complexity index is 299. The van der Waals surface area contributed by atoms with E-state index in [2.05, 4.69) is 9.61 Å². The second-order valence-electron chi connectivity index (χ2n) is 1.01. The quantitative estimate of drug-likeness (QED) is 0.325. The molecule has 10 heteroatoms. The molecule has 0 saturated carbocycles. The number of rotatable bonds is 3. The number of hydrogen-bond acceptors (Lipinski definition) is 6. The van der Waals surface area contributed by atoms with Crippen molar-refractivity contribution in [3.8, 4) is 0 Å². The van der Waals surface area contributed by atoms with Gasteiger partial charge in [0.15, 0.2) is 0 Å². The molecule has 10 heavy (non-hydrogen) atoms. The maximum absolute atomic E-state index is 10.2. The Morgan fingerprint density at radius 1 is 1.40 bits per heavy atom. The van der Waals surface area contributed by atoms with E-state index >= 15 is 0 Å². The molecule has 0 heterocycles. The van der Waals surface area contributed by atoms with Crippen molar-refractivity contribution in [2.24, 2.45) is 9.61 Å². The van der Waals surface area contributed by atoms with Crippen molar-refractivity contribution in [3.05, 3.63) is 0 Å². The second kappa shape index (κ2) is 3.58. The van der Waals surface area contributed by atoms with E-state index < -0.39 is 20.7 Å². The van der Waals surface area contributed by atoms with Gasteiger partial charge < -0.3 is 0 Å². The topological polar surface area (TPSA) is 131 Å². The highest BCUT2D eigenvalue weighted by Crippen LogP contribution is 1.79. The Labute approximate surface area is 58.2 Å². The van der Waals surface area contributed by atoms with Crippen LogP contribution in [-0.2, 0) is 20.7 Å². The van der Waals surface area contributed by atoms with Crippen LogP contribution in [0.15, 0.2) is 3.77 Å². The summed E-state index contributed by atoms with van der Waals surface area (Å²) in [7, 11) is -7.21. The third-order valence-corrected chi connectivity index (χ3v) is 1.99. The molecule has 0 atom stereocenters. The molecule has 0 amide bonds. The predicted molar refractivity (Wildman–Crippen MR) is 30.7 cm³/mol. The van der Waals surface area contributed by atoms with E-state index in [0.717, 1.165) is 0 Å². The molecular weight excluding hydrogens is 184 g/mol. The number of nitrogens with one attached hydrogen (secondary N) is 2. The molecule has 0 unspecified atom stereocenters. The zero-order valence-electron chi connectivity index (χ0n) is 4.47. The van der Waals surface area contributed by atoms with Gasteiger partial charge in [0.25, 0.3) is 0 Å². The number of nitrogens with zero attached hydrogens (tertiary/aromatic N) is 1. The lowest BCUT2D eigenvalue weighted by Crippen LogP contribution is -2.40. The van der Waals surface area contributed by atoms with Gasteiger partial charge in [-0.15, -0.1) is 4.83 Å². The van der Waals surface area contributed by atoms with E-state index in [1.54, 1.807) is 0 Å². The van der Waals surface area contributed by atoms with Crippen molar-refractivity contribution in [2.45, 2.75) is 0 Å². The van der Waals surface area contributed by atoms with Crippen molar-refractivity contribution in [3.63, 3.8) is 0 Å². The van der Waals surface area contributed by atoms with Crippen LogP contribution < -0.4 is 16.2 Å². The molecule has 0 bridgehead atoms. The van der Waals surface area contributed by atoms with Gasteiger partial charge in [-0.25, -0.2) is 0 Å². The molecule has 0 aromatic rings. The molecule has 8 nitrogen and oxygen atoms in total. The third kappa shape index (κ3) is 4.34. The summed E-state index contributed by atoms with van der Waals surface area (Å²) in [6, 6.07) is 0. The zero-order valence-corrected chi connectivity index (χ0v) is 6.11. The summed E-state index contributed by atoms with van der Waals surface area (Å²) in [5.74, 6) is 4.49. The van der Waals surface area contributed by atoms with E-state index in [-0.39, 0.29) is 0 Å². The lowest BCUT2D eigenvalue weighted by atomic mass is 12.6. The Balaban J connectivity index is 4.63. The van der Waals surface area contributed by atoms with Crippen LogP contribution in [0.25, 0.3) is 0 Å². The van der Waals surface area contributed by atoms with E-state index in [0.29, 0.717) is 0 Å². The van der Waals surface area contributed by atoms with E-state index in [1.165, 1.54) is 10.4 Å². The van der Waals surface area contributed by atoms with Gasteiger partial charge >= 0.3 is 20.7 Å². The predicted octanol–water partition coefficient (Wildman–Crippen LogP) is -2.74. The summed E-state index contributed by atoms with van der Waals surface area (Å²) in [5, 5.41) is 0.